The molecule has 2 rings (SSSR count). The van der Waals surface area contributed by atoms with E-state index in [4.69, 9.17) is 9.15 Å². The first-order valence-electron chi connectivity index (χ1n) is 4.39. The molecule has 0 saturated carbocycles. The SMILES string of the molecule is Cc1cocc1[C@H]1COC[C@@H]1C. The predicted octanol–water partition coefficient (Wildman–Crippen LogP) is 2.34. The summed E-state index contributed by atoms with van der Waals surface area (Å²) in [5.74, 6) is 1.17. The zero-order valence-electron chi connectivity index (χ0n) is 7.54. The Hall–Kier alpha value is -0.760. The Bertz CT molecular complexity index is 265. The highest BCUT2D eigenvalue weighted by Gasteiger charge is 2.27. The Morgan fingerprint density at radius 1 is 1.33 bits per heavy atom. The smallest absolute Gasteiger partial charge is 0.0941 e. The van der Waals surface area contributed by atoms with Gasteiger partial charge in [0.05, 0.1) is 19.1 Å². The molecule has 12 heavy (non-hydrogen) atoms. The predicted molar refractivity (Wildman–Crippen MR) is 46.2 cm³/mol. The lowest BCUT2D eigenvalue weighted by Gasteiger charge is -2.11. The van der Waals surface area contributed by atoms with Crippen molar-refractivity contribution in [2.24, 2.45) is 5.92 Å². The summed E-state index contributed by atoms with van der Waals surface area (Å²) in [5, 5.41) is 0. The molecule has 1 fully saturated rings. The summed E-state index contributed by atoms with van der Waals surface area (Å²) >= 11 is 0. The Labute approximate surface area is 72.5 Å². The van der Waals surface area contributed by atoms with Crippen LogP contribution in [0.15, 0.2) is 16.9 Å². The molecule has 1 aromatic heterocycles. The molecule has 1 aliphatic heterocycles. The fraction of sp³-hybridized carbons (Fsp3) is 0.600. The number of hydrogen-bond acceptors (Lipinski definition) is 2. The minimum Gasteiger partial charge on any atom is -0.472 e. The molecule has 0 aliphatic carbocycles. The molecular formula is C10H14O2. The first-order valence-corrected chi connectivity index (χ1v) is 4.39. The van der Waals surface area contributed by atoms with Crippen molar-refractivity contribution in [1.29, 1.82) is 0 Å². The van der Waals surface area contributed by atoms with Crippen molar-refractivity contribution < 1.29 is 9.15 Å². The molecule has 2 atom stereocenters. The van der Waals surface area contributed by atoms with Gasteiger partial charge >= 0.3 is 0 Å². The number of ether oxygens (including phenoxy) is 1. The van der Waals surface area contributed by atoms with Crippen LogP contribution in [0.25, 0.3) is 0 Å². The first kappa shape index (κ1) is 7.87. The number of furan rings is 1. The second-order valence-electron chi connectivity index (χ2n) is 3.63. The summed E-state index contributed by atoms with van der Waals surface area (Å²) in [5.41, 5.74) is 2.57. The third-order valence-electron chi connectivity index (χ3n) is 2.66. The van der Waals surface area contributed by atoms with Crippen molar-refractivity contribution in [3.8, 4) is 0 Å². The van der Waals surface area contributed by atoms with E-state index < -0.39 is 0 Å². The second-order valence-corrected chi connectivity index (χ2v) is 3.63. The molecule has 0 aromatic carbocycles. The maximum atomic E-state index is 5.41. The zero-order valence-corrected chi connectivity index (χ0v) is 7.54. The van der Waals surface area contributed by atoms with Crippen LogP contribution in [0, 0.1) is 12.8 Å². The highest BCUT2D eigenvalue weighted by atomic mass is 16.5. The van der Waals surface area contributed by atoms with E-state index in [9.17, 15) is 0 Å². The highest BCUT2D eigenvalue weighted by Crippen LogP contribution is 2.32. The molecule has 1 aromatic rings. The molecule has 0 radical (unpaired) electrons. The molecule has 0 unspecified atom stereocenters. The zero-order chi connectivity index (χ0) is 8.55. The average molecular weight is 166 g/mol. The molecule has 2 heterocycles. The molecule has 2 heteroatoms. The van der Waals surface area contributed by atoms with Crippen LogP contribution in [0.3, 0.4) is 0 Å². The molecule has 1 aliphatic rings. The van der Waals surface area contributed by atoms with Crippen LogP contribution in [0.1, 0.15) is 24.0 Å². The van der Waals surface area contributed by atoms with Crippen molar-refractivity contribution in [2.45, 2.75) is 19.8 Å². The van der Waals surface area contributed by atoms with Crippen LogP contribution in [0.4, 0.5) is 0 Å². The second kappa shape index (κ2) is 2.94. The average Bonchev–Trinajstić information content (AvgIpc) is 2.59. The lowest BCUT2D eigenvalue weighted by atomic mass is 9.90. The summed E-state index contributed by atoms with van der Waals surface area (Å²) in [7, 11) is 0. The monoisotopic (exact) mass is 166 g/mol. The van der Waals surface area contributed by atoms with Crippen molar-refractivity contribution in [2.75, 3.05) is 13.2 Å². The van der Waals surface area contributed by atoms with Gasteiger partial charge in [0, 0.05) is 12.5 Å². The Balaban J connectivity index is 2.24. The largest absolute Gasteiger partial charge is 0.472 e. The van der Waals surface area contributed by atoms with E-state index in [1.165, 1.54) is 11.1 Å². The summed E-state index contributed by atoms with van der Waals surface area (Å²) in [6, 6.07) is 0. The highest BCUT2D eigenvalue weighted by molar-refractivity contribution is 5.25. The van der Waals surface area contributed by atoms with Crippen molar-refractivity contribution in [3.63, 3.8) is 0 Å². The molecular weight excluding hydrogens is 152 g/mol. The van der Waals surface area contributed by atoms with Gasteiger partial charge in [0.15, 0.2) is 0 Å². The fourth-order valence-corrected chi connectivity index (χ4v) is 1.81. The maximum absolute atomic E-state index is 5.41. The van der Waals surface area contributed by atoms with Crippen LogP contribution in [-0.2, 0) is 4.74 Å². The van der Waals surface area contributed by atoms with E-state index >= 15 is 0 Å². The van der Waals surface area contributed by atoms with Crippen LogP contribution in [0.2, 0.25) is 0 Å². The van der Waals surface area contributed by atoms with E-state index in [2.05, 4.69) is 13.8 Å². The van der Waals surface area contributed by atoms with Gasteiger partial charge in [-0.1, -0.05) is 6.92 Å². The standard InChI is InChI=1S/C10H14O2/c1-7-3-11-5-9(7)10-6-12-4-8(10)2/h3,5,8,10H,4,6H2,1-2H3/t8-,10-/m0/s1. The van der Waals surface area contributed by atoms with Gasteiger partial charge in [-0.15, -0.1) is 0 Å². The van der Waals surface area contributed by atoms with Crippen molar-refractivity contribution >= 4 is 0 Å². The molecule has 0 amide bonds. The molecule has 1 saturated heterocycles. The van der Waals surface area contributed by atoms with Gasteiger partial charge < -0.3 is 9.15 Å². The minimum absolute atomic E-state index is 0.545. The Morgan fingerprint density at radius 2 is 2.17 bits per heavy atom. The Kier molecular flexibility index (Phi) is 1.93. The van der Waals surface area contributed by atoms with Gasteiger partial charge in [0.2, 0.25) is 0 Å². The summed E-state index contributed by atoms with van der Waals surface area (Å²) in [6.07, 6.45) is 3.66. The van der Waals surface area contributed by atoms with E-state index in [0.717, 1.165) is 13.2 Å². The van der Waals surface area contributed by atoms with Gasteiger partial charge in [-0.3, -0.25) is 0 Å². The van der Waals surface area contributed by atoms with Crippen molar-refractivity contribution in [3.05, 3.63) is 23.7 Å². The Morgan fingerprint density at radius 3 is 2.67 bits per heavy atom. The number of hydrogen-bond donors (Lipinski definition) is 0. The third kappa shape index (κ3) is 1.16. The molecule has 0 spiro atoms. The third-order valence-corrected chi connectivity index (χ3v) is 2.66. The van der Waals surface area contributed by atoms with E-state index in [1.807, 2.05) is 6.26 Å². The van der Waals surface area contributed by atoms with Gasteiger partial charge in [0.1, 0.15) is 0 Å². The van der Waals surface area contributed by atoms with E-state index in [0.29, 0.717) is 11.8 Å². The van der Waals surface area contributed by atoms with Gasteiger partial charge in [-0.05, 0) is 24.0 Å². The lowest BCUT2D eigenvalue weighted by molar-refractivity contribution is 0.186. The molecule has 0 N–H and O–H groups in total. The molecule has 2 nitrogen and oxygen atoms in total. The summed E-state index contributed by atoms with van der Waals surface area (Å²) < 4.78 is 10.6. The number of rotatable bonds is 1. The normalized spacial score (nSPS) is 29.5. The summed E-state index contributed by atoms with van der Waals surface area (Å²) in [4.78, 5) is 0. The van der Waals surface area contributed by atoms with Crippen LogP contribution < -0.4 is 0 Å². The fourth-order valence-electron chi connectivity index (χ4n) is 1.81. The molecule has 66 valence electrons. The van der Waals surface area contributed by atoms with E-state index in [1.54, 1.807) is 6.26 Å². The number of aryl methyl sites for hydroxylation is 1. The van der Waals surface area contributed by atoms with Crippen LogP contribution in [-0.4, -0.2) is 13.2 Å². The van der Waals surface area contributed by atoms with Gasteiger partial charge in [0.25, 0.3) is 0 Å². The summed E-state index contributed by atoms with van der Waals surface area (Å²) in [6.45, 7) is 6.05. The van der Waals surface area contributed by atoms with Gasteiger partial charge in [-0.25, -0.2) is 0 Å². The van der Waals surface area contributed by atoms with Crippen molar-refractivity contribution in [1.82, 2.24) is 0 Å². The van der Waals surface area contributed by atoms with Crippen LogP contribution >= 0.6 is 0 Å². The maximum Gasteiger partial charge on any atom is 0.0941 e. The quantitative estimate of drug-likeness (QED) is 0.639. The minimum atomic E-state index is 0.545. The van der Waals surface area contributed by atoms with Gasteiger partial charge in [-0.2, -0.15) is 0 Å². The molecule has 0 bridgehead atoms. The van der Waals surface area contributed by atoms with E-state index in [-0.39, 0.29) is 0 Å². The lowest BCUT2D eigenvalue weighted by Crippen LogP contribution is -2.06. The first-order chi connectivity index (χ1) is 5.79. The topological polar surface area (TPSA) is 22.4 Å². The van der Waals surface area contributed by atoms with Crippen LogP contribution in [0.5, 0.6) is 0 Å².